The fourth-order valence-corrected chi connectivity index (χ4v) is 2.41. The molecule has 0 spiro atoms. The third-order valence-corrected chi connectivity index (χ3v) is 3.37. The van der Waals surface area contributed by atoms with Crippen molar-refractivity contribution >= 4 is 28.4 Å². The topological polar surface area (TPSA) is 95.6 Å². The zero-order valence-corrected chi connectivity index (χ0v) is 11.5. The summed E-state index contributed by atoms with van der Waals surface area (Å²) in [6.07, 6.45) is 1.58. The molecule has 0 saturated heterocycles. The first-order chi connectivity index (χ1) is 10.1. The van der Waals surface area contributed by atoms with Crippen molar-refractivity contribution in [1.29, 1.82) is 5.26 Å². The SMILES string of the molecule is N#Cc1cc(-c2ccnc(Cl)c2)c2[nH]c(C(N)=O)cc2c1. The molecule has 5 nitrogen and oxygen atoms in total. The van der Waals surface area contributed by atoms with E-state index in [1.54, 1.807) is 36.5 Å². The first kappa shape index (κ1) is 13.2. The highest BCUT2D eigenvalue weighted by Gasteiger charge is 2.12. The number of rotatable bonds is 2. The van der Waals surface area contributed by atoms with E-state index in [2.05, 4.69) is 16.0 Å². The van der Waals surface area contributed by atoms with Crippen LogP contribution in [0.25, 0.3) is 22.0 Å². The first-order valence-electron chi connectivity index (χ1n) is 6.07. The van der Waals surface area contributed by atoms with E-state index in [4.69, 9.17) is 22.6 Å². The number of nitriles is 1. The maximum absolute atomic E-state index is 11.3. The van der Waals surface area contributed by atoms with Crippen molar-refractivity contribution in [2.45, 2.75) is 0 Å². The number of aromatic nitrogens is 2. The summed E-state index contributed by atoms with van der Waals surface area (Å²) in [6.45, 7) is 0. The fourth-order valence-electron chi connectivity index (χ4n) is 2.24. The number of benzene rings is 1. The monoisotopic (exact) mass is 296 g/mol. The molecular weight excluding hydrogens is 288 g/mol. The number of primary amides is 1. The smallest absolute Gasteiger partial charge is 0.265 e. The molecule has 3 aromatic rings. The van der Waals surface area contributed by atoms with Gasteiger partial charge in [0.15, 0.2) is 0 Å². The van der Waals surface area contributed by atoms with E-state index in [1.165, 1.54) is 0 Å². The second-order valence-electron chi connectivity index (χ2n) is 4.51. The van der Waals surface area contributed by atoms with Crippen LogP contribution in [0.5, 0.6) is 0 Å². The van der Waals surface area contributed by atoms with Crippen molar-refractivity contribution in [3.63, 3.8) is 0 Å². The number of H-pyrrole nitrogens is 1. The normalized spacial score (nSPS) is 10.5. The number of carbonyl (C=O) groups excluding carboxylic acids is 1. The largest absolute Gasteiger partial charge is 0.364 e. The number of carbonyl (C=O) groups is 1. The van der Waals surface area contributed by atoms with Gasteiger partial charge in [-0.05, 0) is 35.9 Å². The van der Waals surface area contributed by atoms with Gasteiger partial charge in [-0.15, -0.1) is 0 Å². The molecule has 3 rings (SSSR count). The van der Waals surface area contributed by atoms with Gasteiger partial charge in [-0.2, -0.15) is 5.26 Å². The van der Waals surface area contributed by atoms with E-state index in [0.29, 0.717) is 16.4 Å². The predicted molar refractivity (Wildman–Crippen MR) is 79.8 cm³/mol. The van der Waals surface area contributed by atoms with Gasteiger partial charge in [0, 0.05) is 17.1 Å². The van der Waals surface area contributed by atoms with Crippen LogP contribution in [0.15, 0.2) is 36.5 Å². The number of fused-ring (bicyclic) bond motifs is 1. The molecular formula is C15H9ClN4O. The van der Waals surface area contributed by atoms with Gasteiger partial charge in [0.05, 0.1) is 17.1 Å². The van der Waals surface area contributed by atoms with Crippen molar-refractivity contribution in [3.8, 4) is 17.2 Å². The Morgan fingerprint density at radius 2 is 2.14 bits per heavy atom. The average Bonchev–Trinajstić information content (AvgIpc) is 2.90. The van der Waals surface area contributed by atoms with Crippen LogP contribution < -0.4 is 5.73 Å². The molecule has 0 aliphatic heterocycles. The molecule has 1 aromatic carbocycles. The quantitative estimate of drug-likeness (QED) is 0.712. The maximum Gasteiger partial charge on any atom is 0.265 e. The molecule has 0 radical (unpaired) electrons. The Bertz CT molecular complexity index is 908. The van der Waals surface area contributed by atoms with Crippen LogP contribution in [-0.4, -0.2) is 15.9 Å². The molecule has 2 aromatic heterocycles. The Balaban J connectivity index is 2.34. The zero-order chi connectivity index (χ0) is 15.0. The first-order valence-corrected chi connectivity index (χ1v) is 6.45. The number of nitrogens with zero attached hydrogens (tertiary/aromatic N) is 2. The Labute approximate surface area is 125 Å². The summed E-state index contributed by atoms with van der Waals surface area (Å²) in [5.41, 5.74) is 8.37. The molecule has 0 aliphatic rings. The molecule has 3 N–H and O–H groups in total. The van der Waals surface area contributed by atoms with Crippen molar-refractivity contribution in [3.05, 3.63) is 52.9 Å². The molecule has 21 heavy (non-hydrogen) atoms. The minimum Gasteiger partial charge on any atom is -0.364 e. The minimum atomic E-state index is -0.552. The molecule has 2 heterocycles. The number of hydrogen-bond acceptors (Lipinski definition) is 3. The van der Waals surface area contributed by atoms with Gasteiger partial charge >= 0.3 is 0 Å². The molecule has 1 amide bonds. The van der Waals surface area contributed by atoms with Crippen LogP contribution in [0.1, 0.15) is 16.1 Å². The van der Waals surface area contributed by atoms with E-state index in [9.17, 15) is 4.79 Å². The minimum absolute atomic E-state index is 0.293. The van der Waals surface area contributed by atoms with Crippen LogP contribution in [0.3, 0.4) is 0 Å². The van der Waals surface area contributed by atoms with Crippen molar-refractivity contribution < 1.29 is 4.79 Å². The van der Waals surface area contributed by atoms with Crippen LogP contribution in [0.4, 0.5) is 0 Å². The van der Waals surface area contributed by atoms with Crippen LogP contribution in [-0.2, 0) is 0 Å². The Morgan fingerprint density at radius 1 is 1.33 bits per heavy atom. The Hall–Kier alpha value is -2.84. The van der Waals surface area contributed by atoms with Gasteiger partial charge in [0.25, 0.3) is 5.91 Å². The predicted octanol–water partition coefficient (Wildman–Crippen LogP) is 2.85. The number of amides is 1. The highest BCUT2D eigenvalue weighted by atomic mass is 35.5. The zero-order valence-electron chi connectivity index (χ0n) is 10.7. The number of pyridine rings is 1. The van der Waals surface area contributed by atoms with E-state index in [1.807, 2.05) is 0 Å². The lowest BCUT2D eigenvalue weighted by molar-refractivity contribution is 0.0996. The second kappa shape index (κ2) is 4.93. The van der Waals surface area contributed by atoms with E-state index < -0.39 is 5.91 Å². The highest BCUT2D eigenvalue weighted by Crippen LogP contribution is 2.31. The molecule has 6 heteroatoms. The molecule has 0 aliphatic carbocycles. The number of hydrogen-bond donors (Lipinski definition) is 2. The Kier molecular flexibility index (Phi) is 3.09. The molecule has 0 saturated carbocycles. The lowest BCUT2D eigenvalue weighted by Gasteiger charge is -2.05. The van der Waals surface area contributed by atoms with E-state index >= 15 is 0 Å². The van der Waals surface area contributed by atoms with Crippen LogP contribution in [0.2, 0.25) is 5.15 Å². The average molecular weight is 297 g/mol. The van der Waals surface area contributed by atoms with E-state index in [-0.39, 0.29) is 0 Å². The lowest BCUT2D eigenvalue weighted by Crippen LogP contribution is -2.10. The summed E-state index contributed by atoms with van der Waals surface area (Å²) in [6, 6.07) is 10.6. The summed E-state index contributed by atoms with van der Waals surface area (Å²) in [7, 11) is 0. The fraction of sp³-hybridized carbons (Fsp3) is 0. The summed E-state index contributed by atoms with van der Waals surface area (Å²) in [5.74, 6) is -0.552. The van der Waals surface area contributed by atoms with Gasteiger partial charge in [-0.1, -0.05) is 11.6 Å². The van der Waals surface area contributed by atoms with Gasteiger partial charge < -0.3 is 10.7 Å². The second-order valence-corrected chi connectivity index (χ2v) is 4.90. The maximum atomic E-state index is 11.3. The third kappa shape index (κ3) is 2.33. The summed E-state index contributed by atoms with van der Waals surface area (Å²) < 4.78 is 0. The van der Waals surface area contributed by atoms with Crippen molar-refractivity contribution in [1.82, 2.24) is 9.97 Å². The molecule has 102 valence electrons. The van der Waals surface area contributed by atoms with Crippen molar-refractivity contribution in [2.24, 2.45) is 5.73 Å². The van der Waals surface area contributed by atoms with Gasteiger partial charge in [-0.3, -0.25) is 4.79 Å². The number of halogens is 1. The Morgan fingerprint density at radius 3 is 2.81 bits per heavy atom. The summed E-state index contributed by atoms with van der Waals surface area (Å²) >= 11 is 5.91. The van der Waals surface area contributed by atoms with Gasteiger partial charge in [0.2, 0.25) is 0 Å². The van der Waals surface area contributed by atoms with Gasteiger partial charge in [-0.25, -0.2) is 4.98 Å². The lowest BCUT2D eigenvalue weighted by atomic mass is 10.0. The number of nitrogens with two attached hydrogens (primary N) is 1. The van der Waals surface area contributed by atoms with Crippen LogP contribution in [0, 0.1) is 11.3 Å². The molecule has 0 fully saturated rings. The third-order valence-electron chi connectivity index (χ3n) is 3.16. The molecule has 0 atom stereocenters. The summed E-state index contributed by atoms with van der Waals surface area (Å²) in [5, 5.41) is 10.2. The van der Waals surface area contributed by atoms with Gasteiger partial charge in [0.1, 0.15) is 10.8 Å². The van der Waals surface area contributed by atoms with E-state index in [0.717, 1.165) is 22.0 Å². The summed E-state index contributed by atoms with van der Waals surface area (Å²) in [4.78, 5) is 18.2. The highest BCUT2D eigenvalue weighted by molar-refractivity contribution is 6.29. The van der Waals surface area contributed by atoms with Crippen molar-refractivity contribution in [2.75, 3.05) is 0 Å². The standard InChI is InChI=1S/C15H9ClN4O/c16-13-6-9(1-2-19-13)11-4-8(7-17)3-10-5-12(15(18)21)20-14(10)11/h1-6,20H,(H2,18,21). The molecule has 0 unspecified atom stereocenters. The molecule has 0 bridgehead atoms. The number of nitrogens with one attached hydrogen (secondary N) is 1. The van der Waals surface area contributed by atoms with Crippen LogP contribution >= 0.6 is 11.6 Å². The number of aromatic amines is 1.